The quantitative estimate of drug-likeness (QED) is 0.505. The molecule has 67 valence electrons. The molecule has 0 N–H and O–H groups in total. The molecule has 0 aromatic heterocycles. The van der Waals surface area contributed by atoms with Gasteiger partial charge in [0, 0.05) is 0 Å². The van der Waals surface area contributed by atoms with Gasteiger partial charge in [0.15, 0.2) is 0 Å². The summed E-state index contributed by atoms with van der Waals surface area (Å²) in [4.78, 5) is 0. The second kappa shape index (κ2) is 7.36. The van der Waals surface area contributed by atoms with E-state index in [2.05, 4.69) is 19.9 Å². The van der Waals surface area contributed by atoms with E-state index in [0.717, 1.165) is 0 Å². The Morgan fingerprint density at radius 2 is 2.00 bits per heavy atom. The van der Waals surface area contributed by atoms with Crippen molar-refractivity contribution in [2.75, 3.05) is 0 Å². The van der Waals surface area contributed by atoms with Crippen molar-refractivity contribution in [1.29, 1.82) is 0 Å². The van der Waals surface area contributed by atoms with Crippen molar-refractivity contribution >= 4 is 0 Å². The molecule has 0 saturated carbocycles. The number of hydrogen-bond donors (Lipinski definition) is 0. The molecule has 12 heavy (non-hydrogen) atoms. The Hall–Kier alpha value is 0.943. The van der Waals surface area contributed by atoms with E-state index in [0.29, 0.717) is 0 Å². The second-order valence-electron chi connectivity index (χ2n) is 2.83. The maximum atomic E-state index is 2.37. The van der Waals surface area contributed by atoms with E-state index in [1.165, 1.54) is 19.3 Å². The first-order chi connectivity index (χ1) is 4.75. The van der Waals surface area contributed by atoms with Crippen LogP contribution >= 0.6 is 0 Å². The molecule has 0 saturated heterocycles. The van der Waals surface area contributed by atoms with Crippen LogP contribution in [0, 0.1) is 0 Å². The summed E-state index contributed by atoms with van der Waals surface area (Å²) in [5.41, 5.74) is 3.26. The molecule has 0 atom stereocenters. The van der Waals surface area contributed by atoms with Crippen LogP contribution in [0.4, 0.5) is 0 Å². The van der Waals surface area contributed by atoms with Gasteiger partial charge in [-0.1, -0.05) is 0 Å². The van der Waals surface area contributed by atoms with Gasteiger partial charge in [0.2, 0.25) is 0 Å². The molecule has 0 nitrogen and oxygen atoms in total. The SMILES string of the molecule is CCCC1=C(C)CC=[C]1[Zr+2].[Cl-].[Cl-]. The van der Waals surface area contributed by atoms with Crippen LogP contribution in [0.25, 0.3) is 0 Å². The summed E-state index contributed by atoms with van der Waals surface area (Å²) >= 11 is 1.59. The van der Waals surface area contributed by atoms with Gasteiger partial charge in [-0.15, -0.1) is 0 Å². The maximum Gasteiger partial charge on any atom is -1.00 e. The Morgan fingerprint density at radius 1 is 1.42 bits per heavy atom. The molecule has 0 aromatic carbocycles. The van der Waals surface area contributed by atoms with Crippen LogP contribution in [0.5, 0.6) is 0 Å². The van der Waals surface area contributed by atoms with Crippen molar-refractivity contribution in [3.05, 3.63) is 20.5 Å². The van der Waals surface area contributed by atoms with Crippen LogP contribution in [0.1, 0.15) is 33.1 Å². The minimum atomic E-state index is 0. The zero-order valence-electron chi connectivity index (χ0n) is 7.45. The van der Waals surface area contributed by atoms with Gasteiger partial charge in [0.25, 0.3) is 0 Å². The molecule has 0 spiro atoms. The summed E-state index contributed by atoms with van der Waals surface area (Å²) in [6.07, 6.45) is 6.18. The predicted molar refractivity (Wildman–Crippen MR) is 40.3 cm³/mol. The average Bonchev–Trinajstić information content (AvgIpc) is 2.20. The third-order valence-corrected chi connectivity index (χ3v) is 3.20. The summed E-state index contributed by atoms with van der Waals surface area (Å²) in [6, 6.07) is 0. The third-order valence-electron chi connectivity index (χ3n) is 1.95. The summed E-state index contributed by atoms with van der Waals surface area (Å²) in [6.45, 7) is 4.51. The fourth-order valence-electron chi connectivity index (χ4n) is 1.33. The molecule has 0 unspecified atom stereocenters. The Morgan fingerprint density at radius 3 is 2.33 bits per heavy atom. The van der Waals surface area contributed by atoms with E-state index in [4.69, 9.17) is 0 Å². The van der Waals surface area contributed by atoms with Gasteiger partial charge in [0.1, 0.15) is 0 Å². The van der Waals surface area contributed by atoms with Gasteiger partial charge >= 0.3 is 78.3 Å². The molecule has 1 aliphatic rings. The van der Waals surface area contributed by atoms with Crippen LogP contribution < -0.4 is 24.8 Å². The summed E-state index contributed by atoms with van der Waals surface area (Å²) < 4.78 is 1.60. The van der Waals surface area contributed by atoms with E-state index in [-0.39, 0.29) is 24.8 Å². The summed E-state index contributed by atoms with van der Waals surface area (Å²) in [5.74, 6) is 0. The Kier molecular flexibility index (Phi) is 9.45. The molecule has 0 heterocycles. The third kappa shape index (κ3) is 3.77. The van der Waals surface area contributed by atoms with Gasteiger partial charge in [0.05, 0.1) is 0 Å². The standard InChI is InChI=1S/C9H13.2ClH.Zr/c1-3-5-9-7-4-6-8(9)2;;;/h4H,3,5-6H2,1-2H3;2*1H;/q;;;+2/p-2. The number of rotatable bonds is 2. The smallest absolute Gasteiger partial charge is 1.00 e. The van der Waals surface area contributed by atoms with E-state index in [1.54, 1.807) is 39.1 Å². The van der Waals surface area contributed by atoms with Crippen LogP contribution in [0.3, 0.4) is 0 Å². The fraction of sp³-hybridized carbons (Fsp3) is 0.556. The summed E-state index contributed by atoms with van der Waals surface area (Å²) in [7, 11) is 0. The molecule has 3 heteroatoms. The molecule has 0 bridgehead atoms. The van der Waals surface area contributed by atoms with E-state index in [1.807, 2.05) is 0 Å². The number of hydrogen-bond acceptors (Lipinski definition) is 0. The minimum absolute atomic E-state index is 0. The zero-order valence-corrected chi connectivity index (χ0v) is 11.4. The van der Waals surface area contributed by atoms with Crippen molar-refractivity contribution in [2.45, 2.75) is 33.1 Å². The molecule has 0 aromatic rings. The van der Waals surface area contributed by atoms with Gasteiger partial charge in [-0.05, 0) is 0 Å². The van der Waals surface area contributed by atoms with E-state index >= 15 is 0 Å². The van der Waals surface area contributed by atoms with Gasteiger partial charge in [-0.25, -0.2) is 0 Å². The molecular weight excluding hydrogens is 270 g/mol. The van der Waals surface area contributed by atoms with Crippen molar-refractivity contribution in [3.8, 4) is 0 Å². The topological polar surface area (TPSA) is 0 Å². The molecule has 1 aliphatic carbocycles. The maximum absolute atomic E-state index is 2.37. The first kappa shape index (κ1) is 15.4. The molecule has 1 rings (SSSR count). The first-order valence-corrected chi connectivity index (χ1v) is 5.09. The number of halogens is 2. The van der Waals surface area contributed by atoms with Gasteiger partial charge in [-0.3, -0.25) is 0 Å². The molecule has 0 aliphatic heterocycles. The molecule has 0 amide bonds. The number of allylic oxidation sites excluding steroid dienone is 4. The fourth-order valence-corrected chi connectivity index (χ4v) is 2.41. The largest absolute Gasteiger partial charge is 1.00 e. The monoisotopic (exact) mass is 281 g/mol. The van der Waals surface area contributed by atoms with Gasteiger partial charge in [-0.2, -0.15) is 0 Å². The van der Waals surface area contributed by atoms with Crippen molar-refractivity contribution in [3.63, 3.8) is 0 Å². The van der Waals surface area contributed by atoms with Crippen molar-refractivity contribution in [2.24, 2.45) is 0 Å². The first-order valence-electron chi connectivity index (χ1n) is 3.86. The second-order valence-corrected chi connectivity index (χ2v) is 4.15. The van der Waals surface area contributed by atoms with Crippen LogP contribution in [0.15, 0.2) is 20.5 Å². The van der Waals surface area contributed by atoms with E-state index < -0.39 is 0 Å². The van der Waals surface area contributed by atoms with Crippen molar-refractivity contribution < 1.29 is 49.5 Å². The normalized spacial score (nSPS) is 15.2. The Bertz CT molecular complexity index is 195. The van der Waals surface area contributed by atoms with Crippen LogP contribution in [-0.4, -0.2) is 0 Å². The van der Waals surface area contributed by atoms with Crippen LogP contribution in [-0.2, 0) is 24.7 Å². The molecule has 0 fully saturated rings. The minimum Gasteiger partial charge on any atom is -1.00 e. The average molecular weight is 283 g/mol. The molecule has 0 radical (unpaired) electrons. The summed E-state index contributed by atoms with van der Waals surface area (Å²) in [5, 5.41) is 0. The molecular formula is C9H13Cl2Zr. The van der Waals surface area contributed by atoms with Crippen molar-refractivity contribution in [1.82, 2.24) is 0 Å². The Balaban J connectivity index is 0. The van der Waals surface area contributed by atoms with E-state index in [9.17, 15) is 0 Å². The predicted octanol–water partition coefficient (Wildman–Crippen LogP) is -3.05. The Labute approximate surface area is 103 Å². The zero-order chi connectivity index (χ0) is 7.56. The van der Waals surface area contributed by atoms with Gasteiger partial charge < -0.3 is 24.8 Å². The van der Waals surface area contributed by atoms with Crippen LogP contribution in [0.2, 0.25) is 0 Å².